The summed E-state index contributed by atoms with van der Waals surface area (Å²) in [6.07, 6.45) is 5.14. The lowest BCUT2D eigenvalue weighted by atomic mass is 9.85. The minimum atomic E-state index is 0.704. The second-order valence-electron chi connectivity index (χ2n) is 5.33. The summed E-state index contributed by atoms with van der Waals surface area (Å²) in [6.45, 7) is 1.07. The van der Waals surface area contributed by atoms with E-state index in [0.717, 1.165) is 13.0 Å². The predicted octanol–water partition coefficient (Wildman–Crippen LogP) is 2.81. The van der Waals surface area contributed by atoms with Crippen LogP contribution in [0.15, 0.2) is 12.1 Å². The molecule has 0 amide bonds. The number of hydrogen-bond donors (Lipinski definition) is 1. The molecule has 0 atom stereocenters. The molecule has 1 fully saturated rings. The molecule has 4 rings (SSSR count). The van der Waals surface area contributed by atoms with Crippen LogP contribution in [0, 0.1) is 0 Å². The van der Waals surface area contributed by atoms with Gasteiger partial charge in [0, 0.05) is 25.2 Å². The zero-order valence-corrected chi connectivity index (χ0v) is 10.2. The third-order valence-corrected chi connectivity index (χ3v) is 4.32. The predicted molar refractivity (Wildman–Crippen MR) is 69.5 cm³/mol. The molecule has 88 valence electrons. The van der Waals surface area contributed by atoms with Crippen molar-refractivity contribution >= 4 is 16.7 Å². The summed E-state index contributed by atoms with van der Waals surface area (Å²) < 4.78 is 2.29. The van der Waals surface area contributed by atoms with Crippen molar-refractivity contribution in [2.75, 3.05) is 11.9 Å². The third kappa shape index (κ3) is 1.25. The second-order valence-corrected chi connectivity index (χ2v) is 5.33. The van der Waals surface area contributed by atoms with Crippen LogP contribution in [0.25, 0.3) is 11.0 Å². The molecule has 2 heterocycles. The van der Waals surface area contributed by atoms with Crippen molar-refractivity contribution in [3.05, 3.63) is 23.5 Å². The number of rotatable bonds is 1. The number of hydrogen-bond acceptors (Lipinski definition) is 2. The molecule has 0 radical (unpaired) electrons. The van der Waals surface area contributed by atoms with Crippen LogP contribution in [0.5, 0.6) is 0 Å². The van der Waals surface area contributed by atoms with E-state index in [0.29, 0.717) is 5.92 Å². The first-order valence-corrected chi connectivity index (χ1v) is 6.56. The molecular formula is C14H17N3. The van der Waals surface area contributed by atoms with Gasteiger partial charge in [0.25, 0.3) is 0 Å². The minimum Gasteiger partial charge on any atom is -0.384 e. The van der Waals surface area contributed by atoms with Gasteiger partial charge in [0.2, 0.25) is 0 Å². The van der Waals surface area contributed by atoms with E-state index in [2.05, 4.69) is 29.1 Å². The quantitative estimate of drug-likeness (QED) is 0.812. The number of imidazole rings is 1. The SMILES string of the molecule is Cn1c(C2CCC2)nc2cc3c(cc21)NCC3. The average molecular weight is 227 g/mol. The van der Waals surface area contributed by atoms with E-state index in [-0.39, 0.29) is 0 Å². The van der Waals surface area contributed by atoms with Crippen LogP contribution in [0.1, 0.15) is 36.6 Å². The van der Waals surface area contributed by atoms with Crippen molar-refractivity contribution in [3.63, 3.8) is 0 Å². The first-order valence-electron chi connectivity index (χ1n) is 6.56. The van der Waals surface area contributed by atoms with Crippen LogP contribution >= 0.6 is 0 Å². The highest BCUT2D eigenvalue weighted by atomic mass is 15.1. The minimum absolute atomic E-state index is 0.704. The van der Waals surface area contributed by atoms with Crippen molar-refractivity contribution in [2.24, 2.45) is 7.05 Å². The van der Waals surface area contributed by atoms with Crippen LogP contribution in [0.4, 0.5) is 5.69 Å². The summed E-state index contributed by atoms with van der Waals surface area (Å²) in [6, 6.07) is 4.54. The fourth-order valence-electron chi connectivity index (χ4n) is 3.03. The van der Waals surface area contributed by atoms with Gasteiger partial charge in [-0.1, -0.05) is 6.42 Å². The van der Waals surface area contributed by atoms with E-state index < -0.39 is 0 Å². The van der Waals surface area contributed by atoms with E-state index in [4.69, 9.17) is 4.98 Å². The summed E-state index contributed by atoms with van der Waals surface area (Å²) in [5.74, 6) is 1.99. The largest absolute Gasteiger partial charge is 0.384 e. The molecule has 1 aliphatic heterocycles. The fraction of sp³-hybridized carbons (Fsp3) is 0.500. The molecule has 2 aromatic rings. The summed E-state index contributed by atoms with van der Waals surface area (Å²) in [5, 5.41) is 3.44. The van der Waals surface area contributed by atoms with Crippen molar-refractivity contribution in [2.45, 2.75) is 31.6 Å². The number of nitrogens with zero attached hydrogens (tertiary/aromatic N) is 2. The van der Waals surface area contributed by atoms with E-state index >= 15 is 0 Å². The Kier molecular flexibility index (Phi) is 1.82. The van der Waals surface area contributed by atoms with E-state index in [1.165, 1.54) is 47.4 Å². The van der Waals surface area contributed by atoms with Gasteiger partial charge in [-0.15, -0.1) is 0 Å². The van der Waals surface area contributed by atoms with Gasteiger partial charge < -0.3 is 9.88 Å². The Bertz CT molecular complexity index is 593. The fourth-order valence-corrected chi connectivity index (χ4v) is 3.03. The standard InChI is InChI=1S/C14H17N3/c1-17-13-8-11-10(5-6-15-11)7-12(13)16-14(17)9-3-2-4-9/h7-9,15H,2-6H2,1H3. The van der Waals surface area contributed by atoms with Gasteiger partial charge >= 0.3 is 0 Å². The Hall–Kier alpha value is -1.51. The molecule has 0 unspecified atom stereocenters. The van der Waals surface area contributed by atoms with E-state index in [9.17, 15) is 0 Å². The van der Waals surface area contributed by atoms with Gasteiger partial charge in [-0.2, -0.15) is 0 Å². The first kappa shape index (κ1) is 9.51. The zero-order valence-electron chi connectivity index (χ0n) is 10.2. The highest BCUT2D eigenvalue weighted by Gasteiger charge is 2.25. The van der Waals surface area contributed by atoms with Gasteiger partial charge in [-0.05, 0) is 37.0 Å². The maximum absolute atomic E-state index is 4.85. The monoisotopic (exact) mass is 227 g/mol. The van der Waals surface area contributed by atoms with Gasteiger partial charge in [0.05, 0.1) is 11.0 Å². The molecule has 3 nitrogen and oxygen atoms in total. The maximum atomic E-state index is 4.85. The lowest BCUT2D eigenvalue weighted by Crippen LogP contribution is -2.13. The number of benzene rings is 1. The van der Waals surface area contributed by atoms with E-state index in [1.54, 1.807) is 0 Å². The lowest BCUT2D eigenvalue weighted by Gasteiger charge is -2.24. The molecular weight excluding hydrogens is 210 g/mol. The average Bonchev–Trinajstić information content (AvgIpc) is 2.80. The second kappa shape index (κ2) is 3.25. The Morgan fingerprint density at radius 1 is 1.35 bits per heavy atom. The molecule has 0 spiro atoms. The normalized spacial score (nSPS) is 19.1. The molecule has 1 saturated carbocycles. The molecule has 17 heavy (non-hydrogen) atoms. The van der Waals surface area contributed by atoms with Crippen molar-refractivity contribution in [1.82, 2.24) is 9.55 Å². The molecule has 0 bridgehead atoms. The molecule has 3 heteroatoms. The summed E-state index contributed by atoms with van der Waals surface area (Å²) in [4.78, 5) is 4.85. The number of aromatic nitrogens is 2. The molecule has 2 aliphatic rings. The van der Waals surface area contributed by atoms with Crippen LogP contribution < -0.4 is 5.32 Å². The lowest BCUT2D eigenvalue weighted by molar-refractivity contribution is 0.395. The summed E-state index contributed by atoms with van der Waals surface area (Å²) in [7, 11) is 2.16. The molecule has 0 saturated heterocycles. The van der Waals surface area contributed by atoms with Crippen LogP contribution in [0.2, 0.25) is 0 Å². The van der Waals surface area contributed by atoms with E-state index in [1.807, 2.05) is 0 Å². The Morgan fingerprint density at radius 3 is 3.00 bits per heavy atom. The maximum Gasteiger partial charge on any atom is 0.112 e. The first-order chi connectivity index (χ1) is 8.33. The van der Waals surface area contributed by atoms with Gasteiger partial charge in [0.15, 0.2) is 0 Å². The van der Waals surface area contributed by atoms with Crippen LogP contribution in [-0.4, -0.2) is 16.1 Å². The van der Waals surface area contributed by atoms with Crippen molar-refractivity contribution < 1.29 is 0 Å². The van der Waals surface area contributed by atoms with Gasteiger partial charge in [-0.3, -0.25) is 0 Å². The zero-order chi connectivity index (χ0) is 11.4. The summed E-state index contributed by atoms with van der Waals surface area (Å²) >= 11 is 0. The van der Waals surface area contributed by atoms with Crippen molar-refractivity contribution in [3.8, 4) is 0 Å². The molecule has 1 aromatic carbocycles. The highest BCUT2D eigenvalue weighted by molar-refractivity contribution is 5.83. The number of anilines is 1. The third-order valence-electron chi connectivity index (χ3n) is 4.32. The van der Waals surface area contributed by atoms with Gasteiger partial charge in [-0.25, -0.2) is 4.98 Å². The highest BCUT2D eigenvalue weighted by Crippen LogP contribution is 2.37. The molecule has 1 aromatic heterocycles. The topological polar surface area (TPSA) is 29.9 Å². The Morgan fingerprint density at radius 2 is 2.24 bits per heavy atom. The molecule has 1 aliphatic carbocycles. The summed E-state index contributed by atoms with van der Waals surface area (Å²) in [5.41, 5.74) is 5.19. The number of nitrogens with one attached hydrogen (secondary N) is 1. The smallest absolute Gasteiger partial charge is 0.112 e. The number of aryl methyl sites for hydroxylation is 1. The van der Waals surface area contributed by atoms with Crippen LogP contribution in [-0.2, 0) is 13.5 Å². The number of fused-ring (bicyclic) bond motifs is 2. The van der Waals surface area contributed by atoms with Crippen molar-refractivity contribution in [1.29, 1.82) is 0 Å². The Labute approximate surface area is 101 Å². The van der Waals surface area contributed by atoms with Gasteiger partial charge in [0.1, 0.15) is 5.82 Å². The van der Waals surface area contributed by atoms with Crippen LogP contribution in [0.3, 0.4) is 0 Å². The molecule has 1 N–H and O–H groups in total. The Balaban J connectivity index is 1.92.